The molecule has 0 fully saturated rings. The molecule has 1 aliphatic rings. The summed E-state index contributed by atoms with van der Waals surface area (Å²) in [5.74, 6) is 25.5. The lowest BCUT2D eigenvalue weighted by atomic mass is 10.4. The molecule has 0 atom stereocenters. The van der Waals surface area contributed by atoms with E-state index < -0.39 is 0 Å². The lowest BCUT2D eigenvalue weighted by Crippen LogP contribution is -2.22. The average molecular weight is 324 g/mol. The molecule has 1 heterocycles. The maximum absolute atomic E-state index is 3.19. The Balaban J connectivity index is 2.63. The van der Waals surface area contributed by atoms with Gasteiger partial charge in [-0.15, -0.1) is 0 Å². The predicted molar refractivity (Wildman–Crippen MR) is 101 cm³/mol. The SMILES string of the molecule is CN1CC#CCN(C)CC#CCN(C)CC#CCN(C)CC#CC1. The summed E-state index contributed by atoms with van der Waals surface area (Å²) in [5.41, 5.74) is 0. The van der Waals surface area contributed by atoms with Crippen molar-refractivity contribution >= 4 is 0 Å². The highest BCUT2D eigenvalue weighted by Gasteiger charge is 1.95. The molecule has 0 bridgehead atoms. The van der Waals surface area contributed by atoms with Crippen LogP contribution in [0.25, 0.3) is 0 Å². The first kappa shape index (κ1) is 20.1. The van der Waals surface area contributed by atoms with Crippen LogP contribution >= 0.6 is 0 Å². The highest BCUT2D eigenvalue weighted by atomic mass is 15.1. The van der Waals surface area contributed by atoms with E-state index in [1.807, 2.05) is 28.2 Å². The Kier molecular flexibility index (Phi) is 10.5. The first-order valence-electron chi connectivity index (χ1n) is 8.15. The van der Waals surface area contributed by atoms with Gasteiger partial charge in [-0.1, -0.05) is 47.4 Å². The van der Waals surface area contributed by atoms with Gasteiger partial charge < -0.3 is 0 Å². The van der Waals surface area contributed by atoms with E-state index >= 15 is 0 Å². The average Bonchev–Trinajstić information content (AvgIpc) is 2.55. The van der Waals surface area contributed by atoms with Gasteiger partial charge in [0.25, 0.3) is 0 Å². The lowest BCUT2D eigenvalue weighted by molar-refractivity contribution is 0.412. The fourth-order valence-corrected chi connectivity index (χ4v) is 1.75. The molecule has 0 N–H and O–H groups in total. The van der Waals surface area contributed by atoms with Gasteiger partial charge in [-0.05, 0) is 28.2 Å². The fraction of sp³-hybridized carbons (Fsp3) is 0.600. The second kappa shape index (κ2) is 12.5. The summed E-state index contributed by atoms with van der Waals surface area (Å²) < 4.78 is 0. The summed E-state index contributed by atoms with van der Waals surface area (Å²) in [6.07, 6.45) is 0. The zero-order valence-corrected chi connectivity index (χ0v) is 15.4. The number of hydrogen-bond acceptors (Lipinski definition) is 4. The highest BCUT2D eigenvalue weighted by Crippen LogP contribution is 1.84. The molecule has 0 saturated heterocycles. The van der Waals surface area contributed by atoms with E-state index in [1.54, 1.807) is 0 Å². The van der Waals surface area contributed by atoms with E-state index in [0.29, 0.717) is 0 Å². The van der Waals surface area contributed by atoms with Crippen molar-refractivity contribution in [1.82, 2.24) is 19.6 Å². The van der Waals surface area contributed by atoms with Gasteiger partial charge in [0.2, 0.25) is 0 Å². The van der Waals surface area contributed by atoms with Crippen LogP contribution in [0.5, 0.6) is 0 Å². The van der Waals surface area contributed by atoms with Crippen LogP contribution in [0, 0.1) is 47.4 Å². The van der Waals surface area contributed by atoms with Gasteiger partial charge in [-0.2, -0.15) is 0 Å². The first-order valence-corrected chi connectivity index (χ1v) is 8.15. The van der Waals surface area contributed by atoms with E-state index in [2.05, 4.69) is 67.0 Å². The maximum Gasteiger partial charge on any atom is 0.0607 e. The van der Waals surface area contributed by atoms with Crippen molar-refractivity contribution < 1.29 is 0 Å². The third kappa shape index (κ3) is 10.7. The molecule has 0 aliphatic carbocycles. The quantitative estimate of drug-likeness (QED) is 0.569. The molecule has 0 radical (unpaired) electrons. The molecule has 1 aliphatic heterocycles. The summed E-state index contributed by atoms with van der Waals surface area (Å²) in [5, 5.41) is 0. The van der Waals surface area contributed by atoms with E-state index in [4.69, 9.17) is 0 Å². The van der Waals surface area contributed by atoms with Crippen LogP contribution < -0.4 is 0 Å². The maximum atomic E-state index is 3.19. The van der Waals surface area contributed by atoms with E-state index in [9.17, 15) is 0 Å². The highest BCUT2D eigenvalue weighted by molar-refractivity contribution is 5.10. The number of rotatable bonds is 0. The summed E-state index contributed by atoms with van der Waals surface area (Å²) >= 11 is 0. The van der Waals surface area contributed by atoms with Gasteiger partial charge in [0.1, 0.15) is 0 Å². The Morgan fingerprint density at radius 3 is 0.583 bits per heavy atom. The van der Waals surface area contributed by atoms with Crippen molar-refractivity contribution in [3.63, 3.8) is 0 Å². The van der Waals surface area contributed by atoms with Crippen LogP contribution in [-0.2, 0) is 0 Å². The zero-order valence-electron chi connectivity index (χ0n) is 15.4. The Bertz CT molecular complexity index is 457. The minimum atomic E-state index is 0.736. The van der Waals surface area contributed by atoms with Crippen LogP contribution in [0.3, 0.4) is 0 Å². The van der Waals surface area contributed by atoms with Crippen molar-refractivity contribution in [2.24, 2.45) is 0 Å². The topological polar surface area (TPSA) is 13.0 Å². The molecule has 4 nitrogen and oxygen atoms in total. The molecular formula is C20H28N4. The largest absolute Gasteiger partial charge is 0.284 e. The molecule has 0 aromatic rings. The van der Waals surface area contributed by atoms with E-state index in [0.717, 1.165) is 52.4 Å². The van der Waals surface area contributed by atoms with Gasteiger partial charge >= 0.3 is 0 Å². The van der Waals surface area contributed by atoms with Gasteiger partial charge in [0.15, 0.2) is 0 Å². The first-order chi connectivity index (χ1) is 11.6. The summed E-state index contributed by atoms with van der Waals surface area (Å²) in [6.45, 7) is 5.89. The molecule has 0 unspecified atom stereocenters. The van der Waals surface area contributed by atoms with Gasteiger partial charge in [-0.3, -0.25) is 19.6 Å². The smallest absolute Gasteiger partial charge is 0.0607 e. The summed E-state index contributed by atoms with van der Waals surface area (Å²) in [4.78, 5) is 8.48. The molecule has 0 spiro atoms. The van der Waals surface area contributed by atoms with Crippen molar-refractivity contribution in [2.45, 2.75) is 0 Å². The standard InChI is InChI=1S/C20H28N4/c1-21-13-5-7-15-22(2)17-9-11-19-24(4)20-12-10-18-23(3)16-8-6-14-21/h13-20H2,1-4H3. The Hall–Kier alpha value is -1.92. The third-order valence-electron chi connectivity index (χ3n) is 3.29. The molecule has 1 rings (SSSR count). The van der Waals surface area contributed by atoms with Crippen LogP contribution in [0.2, 0.25) is 0 Å². The van der Waals surface area contributed by atoms with Crippen LogP contribution in [-0.4, -0.2) is 100 Å². The van der Waals surface area contributed by atoms with Crippen molar-refractivity contribution in [3.05, 3.63) is 0 Å². The molecule has 128 valence electrons. The monoisotopic (exact) mass is 324 g/mol. The molecule has 4 heteroatoms. The molecule has 24 heavy (non-hydrogen) atoms. The molecule has 0 aromatic heterocycles. The lowest BCUT2D eigenvalue weighted by Gasteiger charge is -2.11. The second-order valence-corrected chi connectivity index (χ2v) is 6.10. The molecule has 0 amide bonds. The van der Waals surface area contributed by atoms with Crippen LogP contribution in [0.15, 0.2) is 0 Å². The van der Waals surface area contributed by atoms with Crippen molar-refractivity contribution in [2.75, 3.05) is 80.5 Å². The number of hydrogen-bond donors (Lipinski definition) is 0. The minimum Gasteiger partial charge on any atom is -0.284 e. The second-order valence-electron chi connectivity index (χ2n) is 6.10. The minimum absolute atomic E-state index is 0.736. The Morgan fingerprint density at radius 1 is 0.333 bits per heavy atom. The normalized spacial score (nSPS) is 20.2. The zero-order chi connectivity index (χ0) is 17.6. The van der Waals surface area contributed by atoms with Gasteiger partial charge in [0, 0.05) is 0 Å². The Morgan fingerprint density at radius 2 is 0.458 bits per heavy atom. The molecular weight excluding hydrogens is 296 g/mol. The van der Waals surface area contributed by atoms with Crippen molar-refractivity contribution in [1.29, 1.82) is 0 Å². The van der Waals surface area contributed by atoms with Crippen LogP contribution in [0.4, 0.5) is 0 Å². The summed E-state index contributed by atoms with van der Waals surface area (Å²) in [7, 11) is 8.15. The molecule has 0 aromatic carbocycles. The third-order valence-corrected chi connectivity index (χ3v) is 3.29. The van der Waals surface area contributed by atoms with E-state index in [1.165, 1.54) is 0 Å². The van der Waals surface area contributed by atoms with Gasteiger partial charge in [0.05, 0.1) is 52.4 Å². The number of nitrogens with zero attached hydrogens (tertiary/aromatic N) is 4. The summed E-state index contributed by atoms with van der Waals surface area (Å²) in [6, 6.07) is 0. The Labute approximate surface area is 148 Å². The fourth-order valence-electron chi connectivity index (χ4n) is 1.75. The van der Waals surface area contributed by atoms with Crippen LogP contribution in [0.1, 0.15) is 0 Å². The van der Waals surface area contributed by atoms with Crippen molar-refractivity contribution in [3.8, 4) is 47.4 Å². The van der Waals surface area contributed by atoms with E-state index in [-0.39, 0.29) is 0 Å². The van der Waals surface area contributed by atoms with Gasteiger partial charge in [-0.25, -0.2) is 0 Å². The predicted octanol–water partition coefficient (Wildman–Crippen LogP) is -0.259. The molecule has 0 saturated carbocycles.